The summed E-state index contributed by atoms with van der Waals surface area (Å²) in [4.78, 5) is 25.0. The number of hydrogen-bond acceptors (Lipinski definition) is 6. The molecule has 0 atom stereocenters. The van der Waals surface area contributed by atoms with Crippen LogP contribution in [0.5, 0.6) is 5.75 Å². The van der Waals surface area contributed by atoms with E-state index in [4.69, 9.17) is 4.74 Å². The van der Waals surface area contributed by atoms with Gasteiger partial charge in [-0.2, -0.15) is 4.80 Å². The summed E-state index contributed by atoms with van der Waals surface area (Å²) >= 11 is 0. The number of hydrogen-bond donors (Lipinski definition) is 2. The van der Waals surface area contributed by atoms with Crippen molar-refractivity contribution >= 4 is 11.8 Å². The Balaban J connectivity index is 1.45. The zero-order valence-corrected chi connectivity index (χ0v) is 14.6. The number of aryl methyl sites for hydroxylation is 1. The van der Waals surface area contributed by atoms with Crippen LogP contribution in [0, 0.1) is 6.92 Å². The van der Waals surface area contributed by atoms with Gasteiger partial charge in [0.05, 0.1) is 0 Å². The zero-order chi connectivity index (χ0) is 19.1. The lowest BCUT2D eigenvalue weighted by Crippen LogP contribution is -2.43. The van der Waals surface area contributed by atoms with Gasteiger partial charge >= 0.3 is 0 Å². The van der Waals surface area contributed by atoms with Crippen molar-refractivity contribution in [1.29, 1.82) is 0 Å². The predicted molar refractivity (Wildman–Crippen MR) is 95.4 cm³/mol. The van der Waals surface area contributed by atoms with E-state index in [0.29, 0.717) is 17.1 Å². The lowest BCUT2D eigenvalue weighted by Gasteiger charge is -2.07. The molecule has 2 N–H and O–H groups in total. The Morgan fingerprint density at radius 1 is 1.04 bits per heavy atom. The van der Waals surface area contributed by atoms with Crippen molar-refractivity contribution in [3.8, 4) is 5.75 Å². The van der Waals surface area contributed by atoms with Crippen molar-refractivity contribution in [1.82, 2.24) is 31.1 Å². The van der Waals surface area contributed by atoms with Crippen LogP contribution in [0.3, 0.4) is 0 Å². The molecule has 3 aromatic rings. The Kier molecular flexibility index (Phi) is 5.73. The molecular formula is C18H18N6O3. The highest BCUT2D eigenvalue weighted by molar-refractivity contribution is 5.95. The molecule has 0 spiro atoms. The van der Waals surface area contributed by atoms with Crippen LogP contribution in [0.2, 0.25) is 0 Å². The Bertz CT molecular complexity index is 908. The molecule has 1 heterocycles. The monoisotopic (exact) mass is 366 g/mol. The van der Waals surface area contributed by atoms with Crippen LogP contribution < -0.4 is 15.6 Å². The minimum absolute atomic E-state index is 0.135. The third kappa shape index (κ3) is 5.36. The molecule has 0 unspecified atom stereocenters. The van der Waals surface area contributed by atoms with Crippen molar-refractivity contribution in [2.24, 2.45) is 0 Å². The van der Waals surface area contributed by atoms with E-state index in [1.54, 1.807) is 12.1 Å². The summed E-state index contributed by atoms with van der Waals surface area (Å²) in [5.74, 6) is 0.135. The second-order valence-electron chi connectivity index (χ2n) is 5.71. The molecule has 0 aliphatic carbocycles. The number of aromatic nitrogens is 4. The molecular weight excluding hydrogens is 348 g/mol. The van der Waals surface area contributed by atoms with Gasteiger partial charge in [-0.15, -0.1) is 10.2 Å². The highest BCUT2D eigenvalue weighted by Crippen LogP contribution is 2.09. The largest absolute Gasteiger partial charge is 0.485 e. The van der Waals surface area contributed by atoms with Gasteiger partial charge in [0.15, 0.2) is 6.61 Å². The molecule has 0 aliphatic rings. The van der Waals surface area contributed by atoms with Crippen LogP contribution in [-0.4, -0.2) is 32.0 Å². The normalized spacial score (nSPS) is 10.3. The summed E-state index contributed by atoms with van der Waals surface area (Å²) in [6, 6.07) is 16.2. The van der Waals surface area contributed by atoms with Crippen molar-refractivity contribution in [3.63, 3.8) is 0 Å². The maximum atomic E-state index is 11.9. The number of nitrogens with zero attached hydrogens (tertiary/aromatic N) is 4. The van der Waals surface area contributed by atoms with Gasteiger partial charge in [0.25, 0.3) is 11.8 Å². The van der Waals surface area contributed by atoms with Gasteiger partial charge in [-0.3, -0.25) is 20.4 Å². The third-order valence-corrected chi connectivity index (χ3v) is 3.52. The van der Waals surface area contributed by atoms with E-state index in [1.165, 1.54) is 0 Å². The minimum Gasteiger partial charge on any atom is -0.485 e. The minimum atomic E-state index is -0.483. The Morgan fingerprint density at radius 2 is 1.78 bits per heavy atom. The SMILES string of the molecule is Cc1ccc(C(=O)NNC(=O)Cn2nnc(COc3ccccc3)n2)cc1. The molecule has 0 saturated heterocycles. The molecule has 0 radical (unpaired) electrons. The Hall–Kier alpha value is -3.75. The maximum absolute atomic E-state index is 11.9. The van der Waals surface area contributed by atoms with E-state index in [0.717, 1.165) is 10.4 Å². The molecule has 0 bridgehead atoms. The fourth-order valence-corrected chi connectivity index (χ4v) is 2.14. The summed E-state index contributed by atoms with van der Waals surface area (Å²) in [6.07, 6.45) is 0. The summed E-state index contributed by atoms with van der Waals surface area (Å²) < 4.78 is 5.51. The highest BCUT2D eigenvalue weighted by atomic mass is 16.5. The quantitative estimate of drug-likeness (QED) is 0.630. The number of amides is 2. The molecule has 0 aliphatic heterocycles. The zero-order valence-electron chi connectivity index (χ0n) is 14.6. The summed E-state index contributed by atoms with van der Waals surface area (Å²) in [6.45, 7) is 1.87. The highest BCUT2D eigenvalue weighted by Gasteiger charge is 2.10. The molecule has 0 fully saturated rings. The molecule has 0 saturated carbocycles. The van der Waals surface area contributed by atoms with Crippen LogP contribution in [0.25, 0.3) is 0 Å². The van der Waals surface area contributed by atoms with Crippen LogP contribution in [0.15, 0.2) is 54.6 Å². The molecule has 27 heavy (non-hydrogen) atoms. The second kappa shape index (κ2) is 8.56. The van der Waals surface area contributed by atoms with E-state index in [2.05, 4.69) is 26.3 Å². The van der Waals surface area contributed by atoms with Crippen LogP contribution in [-0.2, 0) is 17.9 Å². The molecule has 1 aromatic heterocycles. The summed E-state index contributed by atoms with van der Waals surface area (Å²) in [5.41, 5.74) is 6.14. The Morgan fingerprint density at radius 3 is 2.52 bits per heavy atom. The van der Waals surface area contributed by atoms with Gasteiger partial charge in [0.1, 0.15) is 12.3 Å². The van der Waals surface area contributed by atoms with E-state index < -0.39 is 11.8 Å². The van der Waals surface area contributed by atoms with Crippen LogP contribution >= 0.6 is 0 Å². The summed E-state index contributed by atoms with van der Waals surface area (Å²) in [5, 5.41) is 11.7. The topological polar surface area (TPSA) is 111 Å². The van der Waals surface area contributed by atoms with E-state index in [1.807, 2.05) is 49.4 Å². The van der Waals surface area contributed by atoms with E-state index in [9.17, 15) is 9.59 Å². The first-order valence-corrected chi connectivity index (χ1v) is 8.20. The number of para-hydroxylation sites is 1. The first-order valence-electron chi connectivity index (χ1n) is 8.20. The van der Waals surface area contributed by atoms with Crippen molar-refractivity contribution in [3.05, 3.63) is 71.5 Å². The molecule has 9 nitrogen and oxygen atoms in total. The molecule has 2 aromatic carbocycles. The van der Waals surface area contributed by atoms with Gasteiger partial charge in [0, 0.05) is 5.56 Å². The number of tetrazole rings is 1. The number of ether oxygens (including phenoxy) is 1. The van der Waals surface area contributed by atoms with Crippen molar-refractivity contribution in [2.75, 3.05) is 0 Å². The van der Waals surface area contributed by atoms with E-state index in [-0.39, 0.29) is 13.2 Å². The van der Waals surface area contributed by atoms with Crippen LogP contribution in [0.1, 0.15) is 21.7 Å². The smallest absolute Gasteiger partial charge is 0.269 e. The number of rotatable bonds is 6. The van der Waals surface area contributed by atoms with Crippen molar-refractivity contribution < 1.29 is 14.3 Å². The second-order valence-corrected chi connectivity index (χ2v) is 5.71. The van der Waals surface area contributed by atoms with Gasteiger partial charge in [-0.05, 0) is 36.4 Å². The molecule has 2 amide bonds. The fourth-order valence-electron chi connectivity index (χ4n) is 2.14. The number of carbonyl (C=O) groups excluding carboxylic acids is 2. The van der Waals surface area contributed by atoms with E-state index >= 15 is 0 Å². The number of hydrazine groups is 1. The number of carbonyl (C=O) groups is 2. The standard InChI is InChI=1S/C18H18N6O3/c1-13-7-9-14(10-8-13)18(26)21-20-17(25)11-24-22-16(19-23-24)12-27-15-5-3-2-4-6-15/h2-10H,11-12H2,1H3,(H,20,25)(H,21,26). The third-order valence-electron chi connectivity index (χ3n) is 3.52. The molecule has 3 rings (SSSR count). The first kappa shape index (κ1) is 18.1. The van der Waals surface area contributed by atoms with Crippen LogP contribution in [0.4, 0.5) is 0 Å². The number of nitrogens with one attached hydrogen (secondary N) is 2. The van der Waals surface area contributed by atoms with Gasteiger partial charge in [-0.1, -0.05) is 35.9 Å². The lowest BCUT2D eigenvalue weighted by atomic mass is 10.1. The van der Waals surface area contributed by atoms with Gasteiger partial charge < -0.3 is 4.74 Å². The average Bonchev–Trinajstić information content (AvgIpc) is 3.13. The summed E-state index contributed by atoms with van der Waals surface area (Å²) in [7, 11) is 0. The average molecular weight is 366 g/mol. The predicted octanol–water partition coefficient (Wildman–Crippen LogP) is 1.02. The Labute approximate surface area is 155 Å². The fraction of sp³-hybridized carbons (Fsp3) is 0.167. The lowest BCUT2D eigenvalue weighted by molar-refractivity contribution is -0.122. The first-order chi connectivity index (χ1) is 13.1. The maximum Gasteiger partial charge on any atom is 0.269 e. The molecule has 138 valence electrons. The van der Waals surface area contributed by atoms with Gasteiger partial charge in [0.2, 0.25) is 5.82 Å². The van der Waals surface area contributed by atoms with Crippen molar-refractivity contribution in [2.45, 2.75) is 20.1 Å². The molecule has 9 heteroatoms. The van der Waals surface area contributed by atoms with Gasteiger partial charge in [-0.25, -0.2) is 0 Å². The number of benzene rings is 2.